The first-order chi connectivity index (χ1) is 8.49. The molecule has 0 rings (SSSR count). The predicted octanol–water partition coefficient (Wildman–Crippen LogP) is 0.500. The van der Waals surface area contributed by atoms with Gasteiger partial charge in [-0.05, 0) is 25.9 Å². The summed E-state index contributed by atoms with van der Waals surface area (Å²) < 4.78 is 22.3. The van der Waals surface area contributed by atoms with Crippen LogP contribution in [-0.4, -0.2) is 54.3 Å². The summed E-state index contributed by atoms with van der Waals surface area (Å²) in [6.07, 6.45) is 0.913. The lowest BCUT2D eigenvalue weighted by atomic mass is 10.3. The van der Waals surface area contributed by atoms with Crippen molar-refractivity contribution in [2.24, 2.45) is 0 Å². The lowest BCUT2D eigenvalue weighted by Crippen LogP contribution is -2.35. The minimum atomic E-state index is -5.34. The lowest BCUT2D eigenvalue weighted by Gasteiger charge is -2.31. The molecular weight excluding hydrogens is 296 g/mol. The fourth-order valence-corrected chi connectivity index (χ4v) is 3.88. The molecule has 0 spiro atoms. The normalized spacial score (nSPS) is 14.1. The van der Waals surface area contributed by atoms with Gasteiger partial charge in [0.2, 0.25) is 0 Å². The molecule has 19 heavy (non-hydrogen) atoms. The van der Waals surface area contributed by atoms with Crippen LogP contribution in [0.2, 0.25) is 0 Å². The number of hydrogen-bond donors (Lipinski definition) is 5. The van der Waals surface area contributed by atoms with E-state index < -0.39 is 26.7 Å². The first kappa shape index (κ1) is 19.2. The summed E-state index contributed by atoms with van der Waals surface area (Å²) in [6, 6.07) is 0. The van der Waals surface area contributed by atoms with Crippen LogP contribution in [0.4, 0.5) is 0 Å². The maximum Gasteiger partial charge on any atom is 0.369 e. The highest BCUT2D eigenvalue weighted by Crippen LogP contribution is 2.68. The highest BCUT2D eigenvalue weighted by molar-refractivity contribution is 7.72. The van der Waals surface area contributed by atoms with Gasteiger partial charge < -0.3 is 29.6 Å². The summed E-state index contributed by atoms with van der Waals surface area (Å²) in [6.45, 7) is 5.11. The molecule has 0 aliphatic rings. The summed E-state index contributed by atoms with van der Waals surface area (Å²) in [4.78, 5) is 37.8. The molecule has 0 radical (unpaired) electrons. The molecule has 0 unspecified atom stereocenters. The fraction of sp³-hybridized carbons (Fsp3) is 1.00. The van der Waals surface area contributed by atoms with E-state index in [-0.39, 0.29) is 6.54 Å². The van der Waals surface area contributed by atoms with E-state index >= 15 is 0 Å². The average Bonchev–Trinajstić information content (AvgIpc) is 2.22. The number of aliphatic hydroxyl groups is 1. The number of hydrogen-bond acceptors (Lipinski definition) is 4. The second-order valence-electron chi connectivity index (χ2n) is 4.45. The van der Waals surface area contributed by atoms with E-state index in [0.717, 1.165) is 12.8 Å². The van der Waals surface area contributed by atoms with Gasteiger partial charge in [0, 0.05) is 13.0 Å². The Morgan fingerprint density at radius 1 is 0.895 bits per heavy atom. The van der Waals surface area contributed by atoms with Crippen LogP contribution in [0.1, 0.15) is 33.1 Å². The maximum atomic E-state index is 11.2. The smallest absolute Gasteiger partial charge is 0.367 e. The molecule has 0 heterocycles. The Balaban J connectivity index is 4.96. The van der Waals surface area contributed by atoms with E-state index in [1.54, 1.807) is 4.90 Å². The summed E-state index contributed by atoms with van der Waals surface area (Å²) in [5.74, 6) is 0. The molecule has 8 nitrogen and oxygen atoms in total. The Morgan fingerprint density at radius 2 is 1.26 bits per heavy atom. The van der Waals surface area contributed by atoms with E-state index in [0.29, 0.717) is 13.1 Å². The summed E-state index contributed by atoms with van der Waals surface area (Å²) >= 11 is 0. The van der Waals surface area contributed by atoms with Crippen molar-refractivity contribution < 1.29 is 33.8 Å². The van der Waals surface area contributed by atoms with Gasteiger partial charge in [0.25, 0.3) is 5.08 Å². The van der Waals surface area contributed by atoms with Gasteiger partial charge in [-0.3, -0.25) is 9.13 Å². The van der Waals surface area contributed by atoms with E-state index in [1.165, 1.54) is 0 Å². The SMILES string of the molecule is CCCN(CCC)CCC(O)(P(=O)(O)O)P(=O)(O)O. The molecule has 0 fully saturated rings. The van der Waals surface area contributed by atoms with Crippen molar-refractivity contribution in [3.8, 4) is 0 Å². The van der Waals surface area contributed by atoms with Crippen LogP contribution in [0.5, 0.6) is 0 Å². The zero-order valence-corrected chi connectivity index (χ0v) is 12.9. The number of nitrogens with zero attached hydrogens (tertiary/aromatic N) is 1. The van der Waals surface area contributed by atoms with Crippen LogP contribution < -0.4 is 0 Å². The van der Waals surface area contributed by atoms with E-state index in [1.807, 2.05) is 13.8 Å². The fourth-order valence-electron chi connectivity index (χ4n) is 1.74. The highest BCUT2D eigenvalue weighted by atomic mass is 31.2. The molecule has 116 valence electrons. The van der Waals surface area contributed by atoms with Gasteiger partial charge in [-0.1, -0.05) is 13.8 Å². The zero-order valence-electron chi connectivity index (χ0n) is 11.1. The molecule has 0 saturated carbocycles. The van der Waals surface area contributed by atoms with Crippen LogP contribution in [0.25, 0.3) is 0 Å². The molecule has 0 aromatic heterocycles. The molecule has 0 aliphatic heterocycles. The summed E-state index contributed by atoms with van der Waals surface area (Å²) in [5, 5.41) is 6.41. The molecule has 0 aliphatic carbocycles. The van der Waals surface area contributed by atoms with E-state index in [4.69, 9.17) is 19.6 Å². The Kier molecular flexibility index (Phi) is 7.38. The van der Waals surface area contributed by atoms with Gasteiger partial charge in [-0.15, -0.1) is 0 Å². The van der Waals surface area contributed by atoms with Crippen LogP contribution in [0.3, 0.4) is 0 Å². The van der Waals surface area contributed by atoms with Gasteiger partial charge in [0.15, 0.2) is 0 Å². The van der Waals surface area contributed by atoms with Crippen molar-refractivity contribution >= 4 is 15.2 Å². The quantitative estimate of drug-likeness (QED) is 0.387. The van der Waals surface area contributed by atoms with Gasteiger partial charge in [0.05, 0.1) is 0 Å². The van der Waals surface area contributed by atoms with Gasteiger partial charge in [-0.25, -0.2) is 0 Å². The molecular formula is C9H23NO7P2. The second-order valence-corrected chi connectivity index (χ2v) is 8.46. The molecule has 5 N–H and O–H groups in total. The Labute approximate surface area is 112 Å². The summed E-state index contributed by atoms with van der Waals surface area (Å²) in [7, 11) is -10.7. The minimum absolute atomic E-state index is 0.00833. The monoisotopic (exact) mass is 319 g/mol. The van der Waals surface area contributed by atoms with Gasteiger partial charge >= 0.3 is 15.2 Å². The van der Waals surface area contributed by atoms with E-state index in [9.17, 15) is 14.2 Å². The molecule has 0 saturated heterocycles. The maximum absolute atomic E-state index is 11.2. The van der Waals surface area contributed by atoms with Crippen molar-refractivity contribution in [2.45, 2.75) is 38.2 Å². The third-order valence-corrected chi connectivity index (χ3v) is 6.65. The second kappa shape index (κ2) is 7.29. The Morgan fingerprint density at radius 3 is 1.53 bits per heavy atom. The molecule has 0 atom stereocenters. The molecule has 0 aromatic rings. The molecule has 0 bridgehead atoms. The van der Waals surface area contributed by atoms with Gasteiger partial charge in [-0.2, -0.15) is 0 Å². The third kappa shape index (κ3) is 5.25. The zero-order chi connectivity index (χ0) is 15.3. The van der Waals surface area contributed by atoms with E-state index in [2.05, 4.69) is 0 Å². The minimum Gasteiger partial charge on any atom is -0.367 e. The van der Waals surface area contributed by atoms with Gasteiger partial charge in [0.1, 0.15) is 0 Å². The molecule has 0 aromatic carbocycles. The first-order valence-corrected chi connectivity index (χ1v) is 9.28. The average molecular weight is 319 g/mol. The van der Waals surface area contributed by atoms with Crippen molar-refractivity contribution in [2.75, 3.05) is 19.6 Å². The van der Waals surface area contributed by atoms with Crippen molar-refractivity contribution in [3.63, 3.8) is 0 Å². The largest absolute Gasteiger partial charge is 0.369 e. The van der Waals surface area contributed by atoms with Crippen LogP contribution in [0, 0.1) is 0 Å². The molecule has 0 amide bonds. The first-order valence-electron chi connectivity index (χ1n) is 6.05. The van der Waals surface area contributed by atoms with Crippen molar-refractivity contribution in [1.29, 1.82) is 0 Å². The summed E-state index contributed by atoms with van der Waals surface area (Å²) in [5.41, 5.74) is 0. The third-order valence-electron chi connectivity index (χ3n) is 2.78. The number of rotatable bonds is 9. The standard InChI is InChI=1S/C9H23NO7P2/c1-3-6-10(7-4-2)8-5-9(11,18(12,13)14)19(15,16)17/h11H,3-8H2,1-2H3,(H2,12,13,14)(H2,15,16,17). The van der Waals surface area contributed by atoms with Crippen LogP contribution in [0.15, 0.2) is 0 Å². The Bertz CT molecular complexity index is 336. The van der Waals surface area contributed by atoms with Crippen molar-refractivity contribution in [3.05, 3.63) is 0 Å². The van der Waals surface area contributed by atoms with Crippen LogP contribution >= 0.6 is 15.2 Å². The Hall–Kier alpha value is 0.220. The molecule has 10 heteroatoms. The lowest BCUT2D eigenvalue weighted by molar-refractivity contribution is 0.108. The van der Waals surface area contributed by atoms with Crippen molar-refractivity contribution in [1.82, 2.24) is 4.90 Å². The van der Waals surface area contributed by atoms with Crippen LogP contribution in [-0.2, 0) is 9.13 Å². The predicted molar refractivity (Wildman–Crippen MR) is 70.7 cm³/mol. The topological polar surface area (TPSA) is 139 Å². The highest BCUT2D eigenvalue weighted by Gasteiger charge is 2.58.